The molecule has 5 nitrogen and oxygen atoms in total. The van der Waals surface area contributed by atoms with Crippen LogP contribution >= 0.6 is 23.4 Å². The second-order valence-corrected chi connectivity index (χ2v) is 9.44. The number of hydrogen-bond donors (Lipinski definition) is 0. The van der Waals surface area contributed by atoms with Crippen LogP contribution in [-0.4, -0.2) is 24.2 Å². The molecule has 2 aliphatic heterocycles. The molecule has 5 rings (SSSR count). The standard InChI is InChI=1S/C25H18ClF3N2O3S/c1-35-19-12-2-14(3-13-19)21-20-22(34-31(21)18-10-6-16(26)7-11-18)24(33)30(23(20)32)17-8-4-15(5-9-17)25(27,28)29/h2-13,20-22H,1H3/t20-,21-,22-/m1/s1. The van der Waals surface area contributed by atoms with Gasteiger partial charge in [-0.25, -0.2) is 9.96 Å². The fourth-order valence-electron chi connectivity index (χ4n) is 4.42. The molecule has 0 aliphatic carbocycles. The zero-order chi connectivity index (χ0) is 24.9. The van der Waals surface area contributed by atoms with Gasteiger partial charge in [0.05, 0.1) is 23.0 Å². The number of benzene rings is 3. The largest absolute Gasteiger partial charge is 0.416 e. The van der Waals surface area contributed by atoms with Crippen molar-refractivity contribution in [1.29, 1.82) is 0 Å². The molecule has 0 N–H and O–H groups in total. The number of thioether (sulfide) groups is 1. The molecule has 10 heteroatoms. The molecule has 2 heterocycles. The molecule has 180 valence electrons. The van der Waals surface area contributed by atoms with E-state index in [0.717, 1.165) is 39.6 Å². The van der Waals surface area contributed by atoms with Gasteiger partial charge in [0.25, 0.3) is 5.91 Å². The van der Waals surface area contributed by atoms with E-state index < -0.39 is 41.6 Å². The number of fused-ring (bicyclic) bond motifs is 1. The maximum Gasteiger partial charge on any atom is 0.416 e. The van der Waals surface area contributed by atoms with Crippen molar-refractivity contribution in [3.8, 4) is 0 Å². The number of hydroxylamine groups is 1. The number of amides is 2. The molecule has 2 saturated heterocycles. The van der Waals surface area contributed by atoms with Gasteiger partial charge in [-0.15, -0.1) is 11.8 Å². The van der Waals surface area contributed by atoms with E-state index >= 15 is 0 Å². The average Bonchev–Trinajstić information content (AvgIpc) is 3.35. The third-order valence-electron chi connectivity index (χ3n) is 6.11. The molecule has 3 aromatic rings. The fraction of sp³-hybridized carbons (Fsp3) is 0.200. The summed E-state index contributed by atoms with van der Waals surface area (Å²) in [6, 6.07) is 17.7. The van der Waals surface area contributed by atoms with Gasteiger partial charge in [-0.3, -0.25) is 14.4 Å². The van der Waals surface area contributed by atoms with Gasteiger partial charge >= 0.3 is 6.18 Å². The number of anilines is 2. The Morgan fingerprint density at radius 1 is 0.857 bits per heavy atom. The summed E-state index contributed by atoms with van der Waals surface area (Å²) < 4.78 is 38.9. The molecule has 0 saturated carbocycles. The molecule has 0 unspecified atom stereocenters. The summed E-state index contributed by atoms with van der Waals surface area (Å²) in [4.78, 5) is 34.8. The van der Waals surface area contributed by atoms with Crippen LogP contribution < -0.4 is 9.96 Å². The van der Waals surface area contributed by atoms with Crippen LogP contribution in [0, 0.1) is 5.92 Å². The van der Waals surface area contributed by atoms with E-state index in [9.17, 15) is 22.8 Å². The predicted molar refractivity (Wildman–Crippen MR) is 127 cm³/mol. The lowest BCUT2D eigenvalue weighted by Crippen LogP contribution is -2.37. The molecule has 3 atom stereocenters. The Kier molecular flexibility index (Phi) is 6.03. The minimum Gasteiger partial charge on any atom is -0.273 e. The van der Waals surface area contributed by atoms with Crippen molar-refractivity contribution in [1.82, 2.24) is 0 Å². The Morgan fingerprint density at radius 2 is 1.46 bits per heavy atom. The lowest BCUT2D eigenvalue weighted by atomic mass is 9.90. The number of alkyl halides is 3. The van der Waals surface area contributed by atoms with Crippen LogP contribution in [0.3, 0.4) is 0 Å². The molecule has 0 aromatic heterocycles. The second-order valence-electron chi connectivity index (χ2n) is 8.13. The Bertz CT molecular complexity index is 1270. The molecule has 0 radical (unpaired) electrons. The Balaban J connectivity index is 1.53. The summed E-state index contributed by atoms with van der Waals surface area (Å²) in [5, 5.41) is 2.06. The van der Waals surface area contributed by atoms with Gasteiger partial charge in [-0.1, -0.05) is 23.7 Å². The third-order valence-corrected chi connectivity index (χ3v) is 7.10. The van der Waals surface area contributed by atoms with Crippen molar-refractivity contribution in [2.75, 3.05) is 16.2 Å². The molecule has 2 fully saturated rings. The number of carbonyl (C=O) groups excluding carboxylic acids is 2. The van der Waals surface area contributed by atoms with Crippen molar-refractivity contribution in [3.05, 3.63) is 88.9 Å². The van der Waals surface area contributed by atoms with E-state index in [0.29, 0.717) is 10.7 Å². The Hall–Kier alpha value is -3.01. The maximum absolute atomic E-state index is 13.6. The topological polar surface area (TPSA) is 49.9 Å². The van der Waals surface area contributed by atoms with Crippen molar-refractivity contribution in [3.63, 3.8) is 0 Å². The van der Waals surface area contributed by atoms with Crippen LogP contribution in [-0.2, 0) is 20.6 Å². The van der Waals surface area contributed by atoms with Crippen LogP contribution in [0.5, 0.6) is 0 Å². The van der Waals surface area contributed by atoms with Crippen molar-refractivity contribution in [2.24, 2.45) is 5.92 Å². The van der Waals surface area contributed by atoms with E-state index in [-0.39, 0.29) is 5.69 Å². The van der Waals surface area contributed by atoms with Crippen LogP contribution in [0.15, 0.2) is 77.7 Å². The van der Waals surface area contributed by atoms with Crippen LogP contribution in [0.1, 0.15) is 17.2 Å². The van der Waals surface area contributed by atoms with Crippen LogP contribution in [0.2, 0.25) is 5.02 Å². The molecule has 2 aliphatic rings. The quantitative estimate of drug-likeness (QED) is 0.307. The highest BCUT2D eigenvalue weighted by Gasteiger charge is 2.60. The zero-order valence-electron chi connectivity index (χ0n) is 18.2. The number of nitrogens with zero attached hydrogens (tertiary/aromatic N) is 2. The SMILES string of the molecule is CSc1ccc([C@@H]2[C@H]3C(=O)N(c4ccc(C(F)(F)F)cc4)C(=O)[C@@H]3ON2c2ccc(Cl)cc2)cc1. The molecule has 35 heavy (non-hydrogen) atoms. The van der Waals surface area contributed by atoms with Gasteiger partial charge in [0.15, 0.2) is 6.10 Å². The zero-order valence-corrected chi connectivity index (χ0v) is 19.8. The summed E-state index contributed by atoms with van der Waals surface area (Å²) in [6.45, 7) is 0. The Labute approximate surface area is 208 Å². The van der Waals surface area contributed by atoms with Gasteiger partial charge in [0.2, 0.25) is 5.91 Å². The molecule has 0 bridgehead atoms. The molecule has 2 amide bonds. The monoisotopic (exact) mass is 518 g/mol. The highest BCUT2D eigenvalue weighted by molar-refractivity contribution is 7.98. The summed E-state index contributed by atoms with van der Waals surface area (Å²) in [5.41, 5.74) is 0.586. The summed E-state index contributed by atoms with van der Waals surface area (Å²) in [5.74, 6) is -2.04. The smallest absolute Gasteiger partial charge is 0.273 e. The van der Waals surface area contributed by atoms with Crippen LogP contribution in [0.25, 0.3) is 0 Å². The predicted octanol–water partition coefficient (Wildman–Crippen LogP) is 6.13. The van der Waals surface area contributed by atoms with Gasteiger partial charge < -0.3 is 0 Å². The molecular weight excluding hydrogens is 501 g/mol. The van der Waals surface area contributed by atoms with Crippen molar-refractivity contribution in [2.45, 2.75) is 23.2 Å². The van der Waals surface area contributed by atoms with E-state index in [1.807, 2.05) is 30.5 Å². The van der Waals surface area contributed by atoms with E-state index in [1.54, 1.807) is 41.1 Å². The summed E-state index contributed by atoms with van der Waals surface area (Å²) in [7, 11) is 0. The number of hydrogen-bond acceptors (Lipinski definition) is 5. The molecular formula is C25H18ClF3N2O3S. The first kappa shape index (κ1) is 23.7. The highest BCUT2D eigenvalue weighted by Crippen LogP contribution is 2.48. The van der Waals surface area contributed by atoms with Gasteiger partial charge in [0, 0.05) is 9.92 Å². The normalized spacial score (nSPS) is 22.1. The molecule has 3 aromatic carbocycles. The highest BCUT2D eigenvalue weighted by atomic mass is 35.5. The van der Waals surface area contributed by atoms with Gasteiger partial charge in [-0.2, -0.15) is 13.2 Å². The number of imide groups is 1. The van der Waals surface area contributed by atoms with E-state index in [1.165, 1.54) is 0 Å². The first-order valence-electron chi connectivity index (χ1n) is 10.6. The second kappa shape index (κ2) is 8.89. The lowest BCUT2D eigenvalue weighted by molar-refractivity contribution is -0.137. The third kappa shape index (κ3) is 4.17. The minimum absolute atomic E-state index is 0.0699. The Morgan fingerprint density at radius 3 is 2.03 bits per heavy atom. The lowest BCUT2D eigenvalue weighted by Gasteiger charge is -2.29. The number of carbonyl (C=O) groups is 2. The molecule has 0 spiro atoms. The van der Waals surface area contributed by atoms with Crippen LogP contribution in [0.4, 0.5) is 24.5 Å². The number of halogens is 4. The first-order chi connectivity index (χ1) is 16.7. The maximum atomic E-state index is 13.6. The minimum atomic E-state index is -4.52. The van der Waals surface area contributed by atoms with Crippen molar-refractivity contribution >= 4 is 46.6 Å². The average molecular weight is 519 g/mol. The number of rotatable bonds is 4. The van der Waals surface area contributed by atoms with E-state index in [2.05, 4.69) is 0 Å². The van der Waals surface area contributed by atoms with Crippen molar-refractivity contribution < 1.29 is 27.6 Å². The summed E-state index contributed by atoms with van der Waals surface area (Å²) >= 11 is 7.60. The van der Waals surface area contributed by atoms with E-state index in [4.69, 9.17) is 16.4 Å². The first-order valence-corrected chi connectivity index (χ1v) is 12.2. The van der Waals surface area contributed by atoms with Gasteiger partial charge in [0.1, 0.15) is 5.92 Å². The summed E-state index contributed by atoms with van der Waals surface area (Å²) in [6.07, 6.45) is -3.69. The van der Waals surface area contributed by atoms with Gasteiger partial charge in [-0.05, 0) is 72.5 Å². The fourth-order valence-corrected chi connectivity index (χ4v) is 4.95.